The maximum atomic E-state index is 11.4. The second kappa shape index (κ2) is 3.61. The van der Waals surface area contributed by atoms with Crippen LogP contribution in [-0.4, -0.2) is 9.49 Å². The molecule has 0 amide bonds. The number of nitro groups is 1. The van der Waals surface area contributed by atoms with Crippen LogP contribution in [0.4, 0.5) is 5.69 Å². The summed E-state index contributed by atoms with van der Waals surface area (Å²) in [4.78, 5) is 21.5. The minimum Gasteiger partial charge on any atom is -0.311 e. The number of rotatable bonds is 1. The molecular weight excluding hydrogens is 232 g/mol. The van der Waals surface area contributed by atoms with Crippen LogP contribution in [0.25, 0.3) is 10.9 Å². The first-order chi connectivity index (χ1) is 7.50. The van der Waals surface area contributed by atoms with Gasteiger partial charge in [0, 0.05) is 30.6 Å². The Labute approximate surface area is 95.0 Å². The topological polar surface area (TPSA) is 65.1 Å². The molecule has 0 radical (unpaired) electrons. The molecule has 0 N–H and O–H groups in total. The van der Waals surface area contributed by atoms with Crippen molar-refractivity contribution >= 4 is 28.2 Å². The molecule has 0 aliphatic rings. The Morgan fingerprint density at radius 1 is 1.38 bits per heavy atom. The quantitative estimate of drug-likeness (QED) is 0.564. The fourth-order valence-electron chi connectivity index (χ4n) is 1.52. The number of aryl methyl sites for hydroxylation is 1. The van der Waals surface area contributed by atoms with Crippen molar-refractivity contribution in [1.29, 1.82) is 0 Å². The molecule has 2 rings (SSSR count). The van der Waals surface area contributed by atoms with E-state index in [2.05, 4.69) is 0 Å². The largest absolute Gasteiger partial charge is 0.311 e. The maximum Gasteiger partial charge on any atom is 0.270 e. The van der Waals surface area contributed by atoms with E-state index < -0.39 is 4.92 Å². The van der Waals surface area contributed by atoms with Gasteiger partial charge in [-0.05, 0) is 6.07 Å². The number of nitrogens with zero attached hydrogens (tertiary/aromatic N) is 2. The third-order valence-electron chi connectivity index (χ3n) is 2.39. The van der Waals surface area contributed by atoms with Crippen LogP contribution in [0.3, 0.4) is 0 Å². The number of benzene rings is 1. The molecule has 0 spiro atoms. The Balaban J connectivity index is 2.90. The smallest absolute Gasteiger partial charge is 0.270 e. The average molecular weight is 239 g/mol. The average Bonchev–Trinajstić information content (AvgIpc) is 2.25. The zero-order chi connectivity index (χ0) is 11.9. The molecule has 0 saturated heterocycles. The van der Waals surface area contributed by atoms with E-state index in [0.29, 0.717) is 10.9 Å². The van der Waals surface area contributed by atoms with Gasteiger partial charge in [-0.15, -0.1) is 0 Å². The monoisotopic (exact) mass is 238 g/mol. The van der Waals surface area contributed by atoms with Gasteiger partial charge in [0.25, 0.3) is 11.2 Å². The van der Waals surface area contributed by atoms with Gasteiger partial charge in [-0.25, -0.2) is 0 Å². The fourth-order valence-corrected chi connectivity index (χ4v) is 1.77. The van der Waals surface area contributed by atoms with Crippen LogP contribution in [0, 0.1) is 10.1 Å². The van der Waals surface area contributed by atoms with Crippen molar-refractivity contribution in [3.63, 3.8) is 0 Å². The van der Waals surface area contributed by atoms with Crippen LogP contribution in [0.1, 0.15) is 0 Å². The molecule has 1 aromatic carbocycles. The summed E-state index contributed by atoms with van der Waals surface area (Å²) in [6, 6.07) is 5.46. The molecule has 0 saturated carbocycles. The van der Waals surface area contributed by atoms with Crippen LogP contribution in [0.5, 0.6) is 0 Å². The molecule has 0 unspecified atom stereocenters. The molecular formula is C10H7ClN2O3. The normalized spacial score (nSPS) is 10.6. The van der Waals surface area contributed by atoms with E-state index >= 15 is 0 Å². The van der Waals surface area contributed by atoms with Crippen molar-refractivity contribution in [1.82, 2.24) is 4.57 Å². The summed E-state index contributed by atoms with van der Waals surface area (Å²) in [5.74, 6) is 0. The third-order valence-corrected chi connectivity index (χ3v) is 2.70. The molecule has 2 aromatic rings. The van der Waals surface area contributed by atoms with Crippen LogP contribution in [-0.2, 0) is 7.05 Å². The highest BCUT2D eigenvalue weighted by atomic mass is 35.5. The van der Waals surface area contributed by atoms with E-state index in [-0.39, 0.29) is 16.3 Å². The van der Waals surface area contributed by atoms with E-state index in [1.807, 2.05) is 0 Å². The van der Waals surface area contributed by atoms with Crippen molar-refractivity contribution in [2.75, 3.05) is 0 Å². The number of hydrogen-bond donors (Lipinski definition) is 0. The summed E-state index contributed by atoms with van der Waals surface area (Å²) in [6.07, 6.45) is 0. The minimum absolute atomic E-state index is 0.0481. The van der Waals surface area contributed by atoms with Crippen molar-refractivity contribution < 1.29 is 4.92 Å². The first-order valence-corrected chi connectivity index (χ1v) is 4.82. The van der Waals surface area contributed by atoms with E-state index in [0.717, 1.165) is 0 Å². The molecule has 0 atom stereocenters. The number of aromatic nitrogens is 1. The van der Waals surface area contributed by atoms with Crippen LogP contribution < -0.4 is 5.56 Å². The van der Waals surface area contributed by atoms with Crippen LogP contribution in [0.2, 0.25) is 5.02 Å². The molecule has 0 aliphatic carbocycles. The van der Waals surface area contributed by atoms with Crippen molar-refractivity contribution in [3.05, 3.63) is 49.8 Å². The predicted octanol–water partition coefficient (Wildman–Crippen LogP) is 2.10. The Morgan fingerprint density at radius 3 is 2.69 bits per heavy atom. The first-order valence-electron chi connectivity index (χ1n) is 4.44. The zero-order valence-corrected chi connectivity index (χ0v) is 9.06. The third kappa shape index (κ3) is 1.55. The molecule has 82 valence electrons. The Bertz CT molecular complexity index is 648. The molecule has 16 heavy (non-hydrogen) atoms. The first kappa shape index (κ1) is 10.6. The van der Waals surface area contributed by atoms with Gasteiger partial charge in [0.2, 0.25) is 0 Å². The van der Waals surface area contributed by atoms with Crippen molar-refractivity contribution in [3.8, 4) is 0 Å². The Morgan fingerprint density at radius 2 is 2.06 bits per heavy atom. The number of halogens is 1. The summed E-state index contributed by atoms with van der Waals surface area (Å²) in [5.41, 5.74) is 0.280. The summed E-state index contributed by atoms with van der Waals surface area (Å²) in [6.45, 7) is 0. The highest BCUT2D eigenvalue weighted by Crippen LogP contribution is 2.25. The number of non-ortho nitro benzene ring substituents is 1. The molecule has 0 fully saturated rings. The molecule has 0 aliphatic heterocycles. The Hall–Kier alpha value is -1.88. The van der Waals surface area contributed by atoms with Crippen LogP contribution in [0.15, 0.2) is 29.1 Å². The fraction of sp³-hybridized carbons (Fsp3) is 0.100. The maximum absolute atomic E-state index is 11.4. The minimum atomic E-state index is -0.499. The van der Waals surface area contributed by atoms with E-state index in [1.165, 1.54) is 28.8 Å². The molecule has 5 nitrogen and oxygen atoms in total. The lowest BCUT2D eigenvalue weighted by atomic mass is 10.2. The standard InChI is InChI=1S/C10H7ClN2O3/c1-12-9-3-2-6(13(15)16)4-7(9)8(11)5-10(12)14/h2-5H,1H3. The van der Waals surface area contributed by atoms with Gasteiger partial charge in [0.05, 0.1) is 15.5 Å². The lowest BCUT2D eigenvalue weighted by Crippen LogP contribution is -2.15. The molecule has 1 aromatic heterocycles. The lowest BCUT2D eigenvalue weighted by molar-refractivity contribution is -0.384. The second-order valence-corrected chi connectivity index (χ2v) is 3.76. The van der Waals surface area contributed by atoms with E-state index in [4.69, 9.17) is 11.6 Å². The summed E-state index contributed by atoms with van der Waals surface area (Å²) in [7, 11) is 1.59. The zero-order valence-electron chi connectivity index (χ0n) is 8.31. The number of nitro benzene ring substituents is 1. The lowest BCUT2D eigenvalue weighted by Gasteiger charge is -2.05. The van der Waals surface area contributed by atoms with E-state index in [1.54, 1.807) is 7.05 Å². The SMILES string of the molecule is Cn1c(=O)cc(Cl)c2cc([N+](=O)[O-])ccc21. The van der Waals surface area contributed by atoms with Gasteiger partial charge >= 0.3 is 0 Å². The van der Waals surface area contributed by atoms with E-state index in [9.17, 15) is 14.9 Å². The second-order valence-electron chi connectivity index (χ2n) is 3.35. The summed E-state index contributed by atoms with van der Waals surface area (Å²) < 4.78 is 1.39. The van der Waals surface area contributed by atoms with Gasteiger partial charge in [-0.1, -0.05) is 11.6 Å². The van der Waals surface area contributed by atoms with Gasteiger partial charge in [0.15, 0.2) is 0 Å². The van der Waals surface area contributed by atoms with Gasteiger partial charge < -0.3 is 4.57 Å². The summed E-state index contributed by atoms with van der Waals surface area (Å²) in [5, 5.41) is 11.3. The Kier molecular flexibility index (Phi) is 2.40. The number of hydrogen-bond acceptors (Lipinski definition) is 3. The predicted molar refractivity (Wildman–Crippen MR) is 60.9 cm³/mol. The van der Waals surface area contributed by atoms with Gasteiger partial charge in [-0.3, -0.25) is 14.9 Å². The molecule has 0 bridgehead atoms. The number of fused-ring (bicyclic) bond motifs is 1. The van der Waals surface area contributed by atoms with Crippen molar-refractivity contribution in [2.24, 2.45) is 7.05 Å². The highest BCUT2D eigenvalue weighted by Gasteiger charge is 2.10. The molecule has 1 heterocycles. The highest BCUT2D eigenvalue weighted by molar-refractivity contribution is 6.35. The van der Waals surface area contributed by atoms with Gasteiger partial charge in [0.1, 0.15) is 0 Å². The van der Waals surface area contributed by atoms with Gasteiger partial charge in [-0.2, -0.15) is 0 Å². The number of pyridine rings is 1. The molecule has 6 heteroatoms. The summed E-state index contributed by atoms with van der Waals surface area (Å²) >= 11 is 5.88. The van der Waals surface area contributed by atoms with Crippen molar-refractivity contribution in [2.45, 2.75) is 0 Å². The van der Waals surface area contributed by atoms with Crippen LogP contribution >= 0.6 is 11.6 Å².